The van der Waals surface area contributed by atoms with E-state index in [1.54, 1.807) is 19.1 Å². The number of rotatable bonds is 10. The monoisotopic (exact) mass is 477 g/mol. The Bertz CT molecular complexity index is 1060. The fourth-order valence-electron chi connectivity index (χ4n) is 3.09. The number of aryl methyl sites for hydroxylation is 1. The lowest BCUT2D eigenvalue weighted by atomic mass is 10.1. The summed E-state index contributed by atoms with van der Waals surface area (Å²) < 4.78 is 40.1. The summed E-state index contributed by atoms with van der Waals surface area (Å²) in [5.74, 6) is -1.30. The predicted molar refractivity (Wildman–Crippen MR) is 125 cm³/mol. The minimum absolute atomic E-state index is 0.0344. The second kappa shape index (κ2) is 11.4. The second-order valence-corrected chi connectivity index (χ2v) is 10.3. The van der Waals surface area contributed by atoms with Crippen LogP contribution in [0.3, 0.4) is 0 Å². The standard InChI is InChI=1S/C24H32FN3O4S/c1-6-18(3)26-24(30)19(4)28(15-20-9-11-21(25)12-10-20)23(29)16-27(5)33(31,32)22-13-7-17(2)8-14-22/h7-14,18-19H,6,15-16H2,1-5H3,(H,26,30)/t18-,19+/m0/s1. The zero-order valence-corrected chi connectivity index (χ0v) is 20.5. The number of benzene rings is 2. The van der Waals surface area contributed by atoms with Crippen LogP contribution in [0.4, 0.5) is 4.39 Å². The molecule has 2 aromatic carbocycles. The van der Waals surface area contributed by atoms with Gasteiger partial charge in [-0.25, -0.2) is 12.8 Å². The van der Waals surface area contributed by atoms with E-state index in [0.29, 0.717) is 5.56 Å². The van der Waals surface area contributed by atoms with Crippen molar-refractivity contribution in [2.75, 3.05) is 13.6 Å². The SMILES string of the molecule is CC[C@H](C)NC(=O)[C@@H](C)N(Cc1ccc(F)cc1)C(=O)CN(C)S(=O)(=O)c1ccc(C)cc1. The average Bonchev–Trinajstić information content (AvgIpc) is 2.78. The zero-order valence-electron chi connectivity index (χ0n) is 19.7. The zero-order chi connectivity index (χ0) is 24.8. The topological polar surface area (TPSA) is 86.8 Å². The van der Waals surface area contributed by atoms with Gasteiger partial charge in [0.15, 0.2) is 0 Å². The molecule has 2 aromatic rings. The van der Waals surface area contributed by atoms with Gasteiger partial charge in [0, 0.05) is 19.6 Å². The van der Waals surface area contributed by atoms with Crippen LogP contribution in [-0.2, 0) is 26.2 Å². The van der Waals surface area contributed by atoms with Gasteiger partial charge in [-0.1, -0.05) is 36.8 Å². The summed E-state index contributed by atoms with van der Waals surface area (Å²) >= 11 is 0. The molecule has 2 atom stereocenters. The van der Waals surface area contributed by atoms with Crippen LogP contribution < -0.4 is 5.32 Å². The Hall–Kier alpha value is -2.78. The van der Waals surface area contributed by atoms with E-state index < -0.39 is 34.3 Å². The van der Waals surface area contributed by atoms with Crippen LogP contribution in [0.1, 0.15) is 38.3 Å². The predicted octanol–water partition coefficient (Wildman–Crippen LogP) is 3.09. The van der Waals surface area contributed by atoms with Crippen molar-refractivity contribution in [3.63, 3.8) is 0 Å². The van der Waals surface area contributed by atoms with Crippen LogP contribution in [0.25, 0.3) is 0 Å². The van der Waals surface area contributed by atoms with Crippen LogP contribution in [0.15, 0.2) is 53.4 Å². The highest BCUT2D eigenvalue weighted by atomic mass is 32.2. The molecule has 0 saturated heterocycles. The van der Waals surface area contributed by atoms with E-state index in [-0.39, 0.29) is 23.4 Å². The van der Waals surface area contributed by atoms with Gasteiger partial charge in [0.2, 0.25) is 21.8 Å². The van der Waals surface area contributed by atoms with Gasteiger partial charge in [-0.15, -0.1) is 0 Å². The normalized spacial score (nSPS) is 13.4. The molecule has 9 heteroatoms. The summed E-state index contributed by atoms with van der Waals surface area (Å²) in [6.07, 6.45) is 0.724. The highest BCUT2D eigenvalue weighted by Gasteiger charge is 2.30. The smallest absolute Gasteiger partial charge is 0.243 e. The number of carbonyl (C=O) groups is 2. The molecule has 0 bridgehead atoms. The van der Waals surface area contributed by atoms with E-state index in [0.717, 1.165) is 16.3 Å². The van der Waals surface area contributed by atoms with Gasteiger partial charge in [-0.3, -0.25) is 9.59 Å². The Morgan fingerprint density at radius 1 is 1.03 bits per heavy atom. The summed E-state index contributed by atoms with van der Waals surface area (Å²) in [6.45, 7) is 6.82. The van der Waals surface area contributed by atoms with Crippen molar-refractivity contribution in [1.29, 1.82) is 0 Å². The Kier molecular flexibility index (Phi) is 9.13. The number of sulfonamides is 1. The van der Waals surface area contributed by atoms with Crippen LogP contribution in [0, 0.1) is 12.7 Å². The number of amides is 2. The molecule has 33 heavy (non-hydrogen) atoms. The van der Waals surface area contributed by atoms with Crippen molar-refractivity contribution >= 4 is 21.8 Å². The fraction of sp³-hybridized carbons (Fsp3) is 0.417. The third-order valence-corrected chi connectivity index (χ3v) is 7.34. The fourth-order valence-corrected chi connectivity index (χ4v) is 4.21. The molecule has 0 spiro atoms. The molecule has 2 amide bonds. The van der Waals surface area contributed by atoms with Gasteiger partial charge < -0.3 is 10.2 Å². The number of carbonyl (C=O) groups excluding carboxylic acids is 2. The van der Waals surface area contributed by atoms with Gasteiger partial charge in [0.1, 0.15) is 11.9 Å². The first-order valence-electron chi connectivity index (χ1n) is 10.8. The minimum atomic E-state index is -3.90. The van der Waals surface area contributed by atoms with E-state index in [1.807, 2.05) is 20.8 Å². The minimum Gasteiger partial charge on any atom is -0.352 e. The van der Waals surface area contributed by atoms with Crippen molar-refractivity contribution in [2.24, 2.45) is 0 Å². The first-order valence-corrected chi connectivity index (χ1v) is 12.3. The maximum Gasteiger partial charge on any atom is 0.243 e. The van der Waals surface area contributed by atoms with Crippen molar-refractivity contribution in [3.05, 3.63) is 65.5 Å². The number of hydrogen-bond donors (Lipinski definition) is 1. The molecule has 7 nitrogen and oxygen atoms in total. The maximum atomic E-state index is 13.3. The Morgan fingerprint density at radius 3 is 2.15 bits per heavy atom. The average molecular weight is 478 g/mol. The summed E-state index contributed by atoms with van der Waals surface area (Å²) in [5.41, 5.74) is 1.54. The van der Waals surface area contributed by atoms with Crippen molar-refractivity contribution in [1.82, 2.24) is 14.5 Å². The number of likely N-dealkylation sites (N-methyl/N-ethyl adjacent to an activating group) is 1. The Labute approximate surface area is 195 Å². The lowest BCUT2D eigenvalue weighted by Crippen LogP contribution is -2.51. The third kappa shape index (κ3) is 7.10. The van der Waals surface area contributed by atoms with Gasteiger partial charge in [0.05, 0.1) is 11.4 Å². The van der Waals surface area contributed by atoms with E-state index in [4.69, 9.17) is 0 Å². The first kappa shape index (κ1) is 26.5. The van der Waals surface area contributed by atoms with E-state index in [1.165, 1.54) is 48.3 Å². The van der Waals surface area contributed by atoms with Gasteiger partial charge in [0.25, 0.3) is 0 Å². The number of nitrogens with zero attached hydrogens (tertiary/aromatic N) is 2. The van der Waals surface area contributed by atoms with Crippen molar-refractivity contribution < 1.29 is 22.4 Å². The lowest BCUT2D eigenvalue weighted by Gasteiger charge is -2.31. The van der Waals surface area contributed by atoms with Crippen LogP contribution in [0.5, 0.6) is 0 Å². The molecule has 1 N–H and O–H groups in total. The van der Waals surface area contributed by atoms with Gasteiger partial charge in [-0.05, 0) is 57.0 Å². The molecule has 0 heterocycles. The van der Waals surface area contributed by atoms with E-state index in [9.17, 15) is 22.4 Å². The summed E-state index contributed by atoms with van der Waals surface area (Å²) in [7, 11) is -2.57. The number of hydrogen-bond acceptors (Lipinski definition) is 4. The molecule has 0 aliphatic rings. The molecular weight excluding hydrogens is 445 g/mol. The number of halogens is 1. The molecular formula is C24H32FN3O4S. The Balaban J connectivity index is 2.26. The molecule has 0 radical (unpaired) electrons. The highest BCUT2D eigenvalue weighted by Crippen LogP contribution is 2.17. The lowest BCUT2D eigenvalue weighted by molar-refractivity contribution is -0.140. The van der Waals surface area contributed by atoms with Crippen LogP contribution in [-0.4, -0.2) is 55.1 Å². The molecule has 0 fully saturated rings. The van der Waals surface area contributed by atoms with Crippen LogP contribution in [0.2, 0.25) is 0 Å². The molecule has 0 aromatic heterocycles. The van der Waals surface area contributed by atoms with E-state index in [2.05, 4.69) is 5.32 Å². The molecule has 2 rings (SSSR count). The van der Waals surface area contributed by atoms with Crippen LogP contribution >= 0.6 is 0 Å². The quantitative estimate of drug-likeness (QED) is 0.570. The first-order chi connectivity index (χ1) is 15.4. The Morgan fingerprint density at radius 2 is 1.61 bits per heavy atom. The summed E-state index contributed by atoms with van der Waals surface area (Å²) in [5, 5.41) is 2.85. The molecule has 180 valence electrons. The molecule has 0 unspecified atom stereocenters. The van der Waals surface area contributed by atoms with Gasteiger partial charge >= 0.3 is 0 Å². The van der Waals surface area contributed by atoms with Gasteiger partial charge in [-0.2, -0.15) is 4.31 Å². The number of nitrogens with one attached hydrogen (secondary N) is 1. The van der Waals surface area contributed by atoms with E-state index >= 15 is 0 Å². The summed E-state index contributed by atoms with van der Waals surface area (Å²) in [4.78, 5) is 27.4. The maximum absolute atomic E-state index is 13.3. The van der Waals surface area contributed by atoms with Crippen molar-refractivity contribution in [3.8, 4) is 0 Å². The second-order valence-electron chi connectivity index (χ2n) is 8.22. The molecule has 0 saturated carbocycles. The highest BCUT2D eigenvalue weighted by molar-refractivity contribution is 7.89. The largest absolute Gasteiger partial charge is 0.352 e. The third-order valence-electron chi connectivity index (χ3n) is 5.52. The molecule has 0 aliphatic carbocycles. The van der Waals surface area contributed by atoms with Crippen molar-refractivity contribution in [2.45, 2.75) is 57.6 Å². The molecule has 0 aliphatic heterocycles. The summed E-state index contributed by atoms with van der Waals surface area (Å²) in [6, 6.07) is 11.0.